The van der Waals surface area contributed by atoms with E-state index in [9.17, 15) is 18.4 Å². The fourth-order valence-electron chi connectivity index (χ4n) is 2.62. The summed E-state index contributed by atoms with van der Waals surface area (Å²) in [7, 11) is 0. The van der Waals surface area contributed by atoms with E-state index in [1.807, 2.05) is 6.92 Å². The van der Waals surface area contributed by atoms with Gasteiger partial charge in [0.05, 0.1) is 22.9 Å². The van der Waals surface area contributed by atoms with Gasteiger partial charge in [-0.15, -0.1) is 0 Å². The lowest BCUT2D eigenvalue weighted by atomic mass is 10.3. The van der Waals surface area contributed by atoms with Crippen LogP contribution in [0.5, 0.6) is 0 Å². The summed E-state index contributed by atoms with van der Waals surface area (Å²) >= 11 is 11.9. The van der Waals surface area contributed by atoms with Gasteiger partial charge >= 0.3 is 0 Å². The third kappa shape index (κ3) is 6.74. The highest BCUT2D eigenvalue weighted by molar-refractivity contribution is 6.36. The molecule has 28 heavy (non-hydrogen) atoms. The van der Waals surface area contributed by atoms with Gasteiger partial charge in [0, 0.05) is 11.1 Å². The lowest BCUT2D eigenvalue weighted by Gasteiger charge is -2.18. The van der Waals surface area contributed by atoms with Gasteiger partial charge in [0.2, 0.25) is 0 Å². The summed E-state index contributed by atoms with van der Waals surface area (Å²) in [6.45, 7) is 2.45. The highest BCUT2D eigenvalue weighted by Crippen LogP contribution is 2.25. The van der Waals surface area contributed by atoms with Gasteiger partial charge in [-0.25, -0.2) is 8.78 Å². The van der Waals surface area contributed by atoms with Crippen LogP contribution >= 0.6 is 23.2 Å². The molecule has 0 radical (unpaired) electrons. The normalized spacial score (nSPS) is 11.8. The Balaban J connectivity index is 1.96. The second kappa shape index (κ2) is 10.4. The molecule has 1 atom stereocenters. The molecule has 2 amide bonds. The van der Waals surface area contributed by atoms with Gasteiger partial charge in [0.25, 0.3) is 11.8 Å². The van der Waals surface area contributed by atoms with Crippen molar-refractivity contribution in [3.8, 4) is 0 Å². The molecule has 2 rings (SSSR count). The molecule has 0 aromatic heterocycles. The van der Waals surface area contributed by atoms with Crippen molar-refractivity contribution in [3.05, 3.63) is 58.1 Å². The fraction of sp³-hybridized carbons (Fsp3) is 0.263. The topological polar surface area (TPSA) is 62.6 Å². The van der Waals surface area contributed by atoms with Crippen LogP contribution < -0.4 is 15.5 Å². The number of quaternary nitrogens is 1. The molecule has 0 aliphatic carbocycles. The number of amides is 2. The van der Waals surface area contributed by atoms with Gasteiger partial charge in [0.1, 0.15) is 11.6 Å². The third-order valence-corrected chi connectivity index (χ3v) is 4.38. The van der Waals surface area contributed by atoms with E-state index in [1.165, 1.54) is 6.07 Å². The van der Waals surface area contributed by atoms with Crippen LogP contribution in [0.2, 0.25) is 10.0 Å². The van der Waals surface area contributed by atoms with Crippen molar-refractivity contribution < 1.29 is 23.3 Å². The molecule has 0 spiro atoms. The maximum absolute atomic E-state index is 13.7. The Morgan fingerprint density at radius 3 is 2.14 bits per heavy atom. The van der Waals surface area contributed by atoms with Crippen LogP contribution in [0.3, 0.4) is 0 Å². The number of rotatable bonds is 8. The second-order valence-electron chi connectivity index (χ2n) is 6.20. The molecule has 0 aliphatic heterocycles. The Morgan fingerprint density at radius 2 is 1.57 bits per heavy atom. The van der Waals surface area contributed by atoms with Crippen LogP contribution in [0.15, 0.2) is 36.4 Å². The number of hydrogen-bond acceptors (Lipinski definition) is 2. The first-order chi connectivity index (χ1) is 13.3. The maximum Gasteiger partial charge on any atom is 0.279 e. The predicted molar refractivity (Wildman–Crippen MR) is 106 cm³/mol. The maximum atomic E-state index is 13.7. The Morgan fingerprint density at radius 1 is 0.964 bits per heavy atom. The third-order valence-electron chi connectivity index (χ3n) is 3.84. The fourth-order valence-corrected chi connectivity index (χ4v) is 3.07. The Labute approximate surface area is 171 Å². The first kappa shape index (κ1) is 22.1. The molecule has 9 heteroatoms. The number of halogens is 4. The summed E-state index contributed by atoms with van der Waals surface area (Å²) in [5, 5.41) is 5.83. The van der Waals surface area contributed by atoms with Crippen molar-refractivity contribution in [1.82, 2.24) is 0 Å². The molecule has 2 aromatic rings. The number of carbonyl (C=O) groups excluding carboxylic acids is 2. The van der Waals surface area contributed by atoms with Crippen molar-refractivity contribution in [3.63, 3.8) is 0 Å². The lowest BCUT2D eigenvalue weighted by molar-refractivity contribution is -0.883. The molecule has 0 saturated heterocycles. The minimum atomic E-state index is -0.861. The zero-order chi connectivity index (χ0) is 20.7. The zero-order valence-corrected chi connectivity index (χ0v) is 16.6. The zero-order valence-electron chi connectivity index (χ0n) is 15.1. The summed E-state index contributed by atoms with van der Waals surface area (Å²) < 4.78 is 26.6. The Bertz CT molecular complexity index is 798. The largest absolute Gasteiger partial charge is 0.320 e. The Kier molecular flexibility index (Phi) is 8.17. The smallest absolute Gasteiger partial charge is 0.279 e. The Hall–Kier alpha value is -2.22. The number of carbonyl (C=O) groups is 2. The van der Waals surface area contributed by atoms with Gasteiger partial charge in [-0.05, 0) is 36.8 Å². The average Bonchev–Trinajstić information content (AvgIpc) is 2.60. The van der Waals surface area contributed by atoms with Crippen molar-refractivity contribution in [2.45, 2.75) is 13.3 Å². The molecule has 0 bridgehead atoms. The molecule has 0 aliphatic rings. The van der Waals surface area contributed by atoms with E-state index in [1.54, 1.807) is 12.1 Å². The van der Waals surface area contributed by atoms with Crippen LogP contribution in [0, 0.1) is 11.6 Å². The minimum absolute atomic E-state index is 0.0200. The predicted octanol–water partition coefficient (Wildman–Crippen LogP) is 3.14. The molecule has 3 N–H and O–H groups in total. The highest BCUT2D eigenvalue weighted by Gasteiger charge is 2.19. The SMILES string of the molecule is CCC[NH+](CC(=O)Nc1ccc(F)cc1F)CC(=O)Nc1ccc(Cl)cc1Cl. The van der Waals surface area contributed by atoms with Crippen LogP contribution in [0.25, 0.3) is 0 Å². The standard InChI is InChI=1S/C19H19Cl2F2N3O2/c1-2-7-26(10-18(27)24-16-5-3-12(20)8-14(16)21)11-19(28)25-17-6-4-13(22)9-15(17)23/h3-6,8-9H,2,7,10-11H2,1H3,(H,24,27)(H,25,28)/p+1. The van der Waals surface area contributed by atoms with Crippen molar-refractivity contribution in [1.29, 1.82) is 0 Å². The molecule has 1 unspecified atom stereocenters. The molecule has 2 aromatic carbocycles. The quantitative estimate of drug-likeness (QED) is 0.602. The van der Waals surface area contributed by atoms with Gasteiger partial charge in [-0.1, -0.05) is 30.1 Å². The summed E-state index contributed by atoms with van der Waals surface area (Å²) in [6.07, 6.45) is 0.739. The molecule has 0 fully saturated rings. The monoisotopic (exact) mass is 430 g/mol. The van der Waals surface area contributed by atoms with E-state index in [0.29, 0.717) is 33.2 Å². The van der Waals surface area contributed by atoms with Crippen LogP contribution in [-0.2, 0) is 9.59 Å². The van der Waals surface area contributed by atoms with Crippen LogP contribution in [-0.4, -0.2) is 31.4 Å². The van der Waals surface area contributed by atoms with Crippen LogP contribution in [0.4, 0.5) is 20.2 Å². The number of benzene rings is 2. The molecule has 150 valence electrons. The van der Waals surface area contributed by atoms with E-state index < -0.39 is 17.5 Å². The minimum Gasteiger partial charge on any atom is -0.320 e. The first-order valence-electron chi connectivity index (χ1n) is 8.62. The lowest BCUT2D eigenvalue weighted by Crippen LogP contribution is -3.14. The van der Waals surface area contributed by atoms with Gasteiger partial charge in [-0.2, -0.15) is 0 Å². The summed E-state index contributed by atoms with van der Waals surface area (Å²) in [4.78, 5) is 25.2. The van der Waals surface area contributed by atoms with Crippen molar-refractivity contribution in [2.75, 3.05) is 30.3 Å². The molecule has 0 saturated carbocycles. The summed E-state index contributed by atoms with van der Waals surface area (Å²) in [5.41, 5.74) is 0.310. The molecule has 0 heterocycles. The number of hydrogen-bond donors (Lipinski definition) is 3. The van der Waals surface area contributed by atoms with E-state index in [2.05, 4.69) is 10.6 Å². The van der Waals surface area contributed by atoms with Crippen molar-refractivity contribution in [2.24, 2.45) is 0 Å². The van der Waals surface area contributed by atoms with Gasteiger partial charge < -0.3 is 15.5 Å². The number of anilines is 2. The van der Waals surface area contributed by atoms with Gasteiger partial charge in [-0.3, -0.25) is 9.59 Å². The highest BCUT2D eigenvalue weighted by atomic mass is 35.5. The average molecular weight is 431 g/mol. The van der Waals surface area contributed by atoms with E-state index in [4.69, 9.17) is 23.2 Å². The van der Waals surface area contributed by atoms with Crippen LogP contribution in [0.1, 0.15) is 13.3 Å². The molecular weight excluding hydrogens is 411 g/mol. The first-order valence-corrected chi connectivity index (χ1v) is 9.37. The number of nitrogens with one attached hydrogen (secondary N) is 3. The van der Waals surface area contributed by atoms with E-state index >= 15 is 0 Å². The summed E-state index contributed by atoms with van der Waals surface area (Å²) in [6, 6.07) is 7.60. The molecular formula is C19H20Cl2F2N3O2+. The van der Waals surface area contributed by atoms with E-state index in [-0.39, 0.29) is 24.7 Å². The molecule has 5 nitrogen and oxygen atoms in total. The summed E-state index contributed by atoms with van der Waals surface area (Å²) in [5.74, 6) is -2.40. The van der Waals surface area contributed by atoms with Crippen molar-refractivity contribution >= 4 is 46.4 Å². The van der Waals surface area contributed by atoms with Gasteiger partial charge in [0.15, 0.2) is 13.1 Å². The second-order valence-corrected chi connectivity index (χ2v) is 7.04. The van der Waals surface area contributed by atoms with E-state index in [0.717, 1.165) is 18.6 Å².